The first-order valence-electron chi connectivity index (χ1n) is 4.73. The van der Waals surface area contributed by atoms with Gasteiger partial charge < -0.3 is 14.9 Å². The second-order valence-electron chi connectivity index (χ2n) is 3.59. The molecule has 0 radical (unpaired) electrons. The number of carboxylic acids is 1. The average Bonchev–Trinajstić information content (AvgIpc) is 2.75. The Kier molecular flexibility index (Phi) is 2.47. The Labute approximate surface area is 90.9 Å². The van der Waals surface area contributed by atoms with E-state index in [9.17, 15) is 9.59 Å². The summed E-state index contributed by atoms with van der Waals surface area (Å²) in [4.78, 5) is 22.0. The number of aliphatic carboxylic acids is 1. The van der Waals surface area contributed by atoms with Gasteiger partial charge in [-0.25, -0.2) is 4.79 Å². The lowest BCUT2D eigenvalue weighted by atomic mass is 10.1. The zero-order valence-corrected chi connectivity index (χ0v) is 8.61. The van der Waals surface area contributed by atoms with E-state index in [1.54, 1.807) is 6.92 Å². The number of carboxylic acid groups (broad SMARTS) is 1. The summed E-state index contributed by atoms with van der Waals surface area (Å²) in [5.41, 5.74) is 2.00. The van der Waals surface area contributed by atoms with Gasteiger partial charge in [-0.15, -0.1) is 0 Å². The molecule has 0 bridgehead atoms. The zero-order valence-electron chi connectivity index (χ0n) is 8.61. The second-order valence-corrected chi connectivity index (χ2v) is 3.59. The number of hydrogen-bond donors (Lipinski definition) is 2. The van der Waals surface area contributed by atoms with Gasteiger partial charge >= 0.3 is 5.97 Å². The van der Waals surface area contributed by atoms with E-state index in [0.29, 0.717) is 17.8 Å². The van der Waals surface area contributed by atoms with Crippen LogP contribution in [0.4, 0.5) is 0 Å². The van der Waals surface area contributed by atoms with Crippen LogP contribution in [0.2, 0.25) is 0 Å². The van der Waals surface area contributed by atoms with Crippen LogP contribution in [0.3, 0.4) is 0 Å². The molecular weight excluding hydrogens is 212 g/mol. The van der Waals surface area contributed by atoms with Gasteiger partial charge in [0.2, 0.25) is 5.91 Å². The lowest BCUT2D eigenvalue weighted by molar-refractivity contribution is -0.133. The van der Waals surface area contributed by atoms with E-state index in [1.165, 1.54) is 6.26 Å². The predicted octanol–water partition coefficient (Wildman–Crippen LogP) is 0.384. The highest BCUT2D eigenvalue weighted by Crippen LogP contribution is 2.20. The number of allylic oxidation sites excluding steroid dienone is 1. The van der Waals surface area contributed by atoms with E-state index < -0.39 is 5.97 Å². The summed E-state index contributed by atoms with van der Waals surface area (Å²) in [5, 5.41) is 15.1. The number of aryl methyl sites for hydroxylation is 1. The molecule has 0 aromatic carbocycles. The average molecular weight is 222 g/mol. The molecule has 6 nitrogen and oxygen atoms in total. The van der Waals surface area contributed by atoms with Crippen molar-refractivity contribution in [1.82, 2.24) is 10.5 Å². The number of carbonyl (C=O) groups excluding carboxylic acids is 1. The number of amides is 1. The Hall–Kier alpha value is -2.11. The summed E-state index contributed by atoms with van der Waals surface area (Å²) in [6, 6.07) is 0. The number of nitrogens with zero attached hydrogens (tertiary/aromatic N) is 1. The third-order valence-electron chi connectivity index (χ3n) is 2.47. The lowest BCUT2D eigenvalue weighted by Gasteiger charge is -2.02. The molecule has 2 N–H and O–H groups in total. The highest BCUT2D eigenvalue weighted by molar-refractivity contribution is 5.99. The summed E-state index contributed by atoms with van der Waals surface area (Å²) < 4.78 is 4.75. The topological polar surface area (TPSA) is 92.4 Å². The fraction of sp³-hybridized carbons (Fsp3) is 0.300. The SMILES string of the molecule is Cc1nocc1CC1=C(C(=O)O)CC(=O)N1. The molecule has 1 aromatic heterocycles. The first-order valence-corrected chi connectivity index (χ1v) is 4.73. The maximum Gasteiger partial charge on any atom is 0.333 e. The van der Waals surface area contributed by atoms with E-state index >= 15 is 0 Å². The van der Waals surface area contributed by atoms with Crippen molar-refractivity contribution in [2.24, 2.45) is 0 Å². The van der Waals surface area contributed by atoms with Crippen LogP contribution < -0.4 is 5.32 Å². The lowest BCUT2D eigenvalue weighted by Crippen LogP contribution is -2.16. The zero-order chi connectivity index (χ0) is 11.7. The van der Waals surface area contributed by atoms with Gasteiger partial charge in [0.05, 0.1) is 17.7 Å². The van der Waals surface area contributed by atoms with Crippen LogP contribution in [0.1, 0.15) is 17.7 Å². The van der Waals surface area contributed by atoms with E-state index in [1.807, 2.05) is 0 Å². The molecule has 2 heterocycles. The van der Waals surface area contributed by atoms with Crippen LogP contribution in [0, 0.1) is 6.92 Å². The molecule has 2 rings (SSSR count). The molecule has 1 amide bonds. The van der Waals surface area contributed by atoms with Gasteiger partial charge in [-0.3, -0.25) is 4.79 Å². The van der Waals surface area contributed by atoms with E-state index in [0.717, 1.165) is 5.56 Å². The van der Waals surface area contributed by atoms with Gasteiger partial charge in [0.1, 0.15) is 6.26 Å². The molecule has 0 saturated heterocycles. The van der Waals surface area contributed by atoms with Gasteiger partial charge in [-0.2, -0.15) is 0 Å². The Morgan fingerprint density at radius 2 is 2.44 bits per heavy atom. The van der Waals surface area contributed by atoms with Crippen molar-refractivity contribution in [3.05, 3.63) is 28.8 Å². The molecular formula is C10H10N2O4. The molecule has 6 heteroatoms. The monoisotopic (exact) mass is 222 g/mol. The van der Waals surface area contributed by atoms with Gasteiger partial charge in [-0.1, -0.05) is 5.16 Å². The Morgan fingerprint density at radius 3 is 3.00 bits per heavy atom. The van der Waals surface area contributed by atoms with Crippen molar-refractivity contribution < 1.29 is 19.2 Å². The van der Waals surface area contributed by atoms with Crippen LogP contribution in [-0.2, 0) is 16.0 Å². The van der Waals surface area contributed by atoms with Gasteiger partial charge in [0.25, 0.3) is 0 Å². The molecule has 0 fully saturated rings. The standard InChI is InChI=1S/C10H10N2O4/c1-5-6(4-16-12-5)2-8-7(10(14)15)3-9(13)11-8/h4H,2-3H2,1H3,(H,11,13)(H,14,15). The fourth-order valence-electron chi connectivity index (χ4n) is 1.58. The van der Waals surface area contributed by atoms with Gasteiger partial charge in [0, 0.05) is 17.7 Å². The molecule has 0 spiro atoms. The first kappa shape index (κ1) is 10.4. The summed E-state index contributed by atoms with van der Waals surface area (Å²) in [6.45, 7) is 1.76. The smallest absolute Gasteiger partial charge is 0.333 e. The van der Waals surface area contributed by atoms with Crippen molar-refractivity contribution >= 4 is 11.9 Å². The summed E-state index contributed by atoms with van der Waals surface area (Å²) in [5.74, 6) is -1.36. The second kappa shape index (κ2) is 3.80. The molecule has 1 aliphatic rings. The third-order valence-corrected chi connectivity index (χ3v) is 2.47. The van der Waals surface area contributed by atoms with Crippen LogP contribution in [0.25, 0.3) is 0 Å². The fourth-order valence-corrected chi connectivity index (χ4v) is 1.58. The number of nitrogens with one attached hydrogen (secondary N) is 1. The number of aromatic nitrogens is 1. The largest absolute Gasteiger partial charge is 0.478 e. The number of hydrogen-bond acceptors (Lipinski definition) is 4. The van der Waals surface area contributed by atoms with E-state index in [-0.39, 0.29) is 17.9 Å². The number of rotatable bonds is 3. The summed E-state index contributed by atoms with van der Waals surface area (Å²) >= 11 is 0. The maximum absolute atomic E-state index is 11.1. The Morgan fingerprint density at radius 1 is 1.69 bits per heavy atom. The Bertz CT molecular complexity index is 487. The maximum atomic E-state index is 11.1. The predicted molar refractivity (Wildman–Crippen MR) is 52.4 cm³/mol. The third kappa shape index (κ3) is 1.81. The van der Waals surface area contributed by atoms with Crippen molar-refractivity contribution in [3.8, 4) is 0 Å². The molecule has 1 aliphatic heterocycles. The molecule has 0 aliphatic carbocycles. The molecule has 0 atom stereocenters. The molecule has 16 heavy (non-hydrogen) atoms. The summed E-state index contributed by atoms with van der Waals surface area (Å²) in [6.07, 6.45) is 1.70. The van der Waals surface area contributed by atoms with Crippen molar-refractivity contribution in [2.45, 2.75) is 19.8 Å². The van der Waals surface area contributed by atoms with Crippen molar-refractivity contribution in [3.63, 3.8) is 0 Å². The van der Waals surface area contributed by atoms with Gasteiger partial charge in [-0.05, 0) is 6.92 Å². The highest BCUT2D eigenvalue weighted by atomic mass is 16.5. The van der Waals surface area contributed by atoms with Crippen LogP contribution in [-0.4, -0.2) is 22.1 Å². The van der Waals surface area contributed by atoms with E-state index in [4.69, 9.17) is 9.63 Å². The van der Waals surface area contributed by atoms with Crippen LogP contribution >= 0.6 is 0 Å². The highest BCUT2D eigenvalue weighted by Gasteiger charge is 2.26. The quantitative estimate of drug-likeness (QED) is 0.771. The molecule has 84 valence electrons. The van der Waals surface area contributed by atoms with E-state index in [2.05, 4.69) is 10.5 Å². The molecule has 0 saturated carbocycles. The summed E-state index contributed by atoms with van der Waals surface area (Å²) in [7, 11) is 0. The van der Waals surface area contributed by atoms with Crippen LogP contribution in [0.5, 0.6) is 0 Å². The van der Waals surface area contributed by atoms with Crippen molar-refractivity contribution in [1.29, 1.82) is 0 Å². The molecule has 0 unspecified atom stereocenters. The van der Waals surface area contributed by atoms with Crippen molar-refractivity contribution in [2.75, 3.05) is 0 Å². The number of carbonyl (C=O) groups is 2. The minimum atomic E-state index is -1.07. The minimum absolute atomic E-state index is 0.0744. The Balaban J connectivity index is 2.26. The van der Waals surface area contributed by atoms with Gasteiger partial charge in [0.15, 0.2) is 0 Å². The first-order chi connectivity index (χ1) is 7.58. The van der Waals surface area contributed by atoms with Crippen LogP contribution in [0.15, 0.2) is 22.1 Å². The minimum Gasteiger partial charge on any atom is -0.478 e. The normalized spacial score (nSPS) is 15.4. The molecule has 1 aromatic rings.